The van der Waals surface area contributed by atoms with Gasteiger partial charge >= 0.3 is 5.97 Å². The fraction of sp³-hybridized carbons (Fsp3) is 0.326. The molecule has 2 saturated heterocycles. The van der Waals surface area contributed by atoms with Gasteiger partial charge in [-0.2, -0.15) is 0 Å². The maximum absolute atomic E-state index is 14.6. The van der Waals surface area contributed by atoms with Crippen molar-refractivity contribution in [2.45, 2.75) is 64.1 Å². The van der Waals surface area contributed by atoms with Crippen LogP contribution < -0.4 is 21.3 Å². The number of nitrogens with two attached hydrogens (primary N) is 2. The van der Waals surface area contributed by atoms with Gasteiger partial charge in [-0.1, -0.05) is 10.3 Å². The Morgan fingerprint density at radius 1 is 0.729 bits per heavy atom. The first-order chi connectivity index (χ1) is 28.2. The molecule has 0 radical (unpaired) electrons. The second-order valence-electron chi connectivity index (χ2n) is 15.5. The third-order valence-electron chi connectivity index (χ3n) is 11.2. The number of piperidine rings is 2. The number of rotatable bonds is 9. The van der Waals surface area contributed by atoms with Gasteiger partial charge in [-0.3, -0.25) is 9.97 Å². The molecule has 2 aromatic carbocycles. The lowest BCUT2D eigenvalue weighted by Crippen LogP contribution is -2.52. The molecule has 0 bridgehead atoms. The summed E-state index contributed by atoms with van der Waals surface area (Å²) in [6, 6.07) is 12.2. The molecular weight excluding hydrogens is 769 g/mol. The van der Waals surface area contributed by atoms with Crippen molar-refractivity contribution in [3.05, 3.63) is 130 Å². The van der Waals surface area contributed by atoms with E-state index in [4.69, 9.17) is 25.3 Å². The SMILES string of the molecule is Cc1cc(C2(N)CCCN(c3cnc(-c4ccc(F)c(F)c4)cc3COC(=O)c3c(N4CCCC(N)(c5cc(C)on5)C4)cnc(-c4ccc(F)c(F)c4)c3C)C2)no1. The van der Waals surface area contributed by atoms with Crippen molar-refractivity contribution >= 4 is 17.3 Å². The van der Waals surface area contributed by atoms with Gasteiger partial charge < -0.3 is 35.1 Å². The van der Waals surface area contributed by atoms with E-state index in [2.05, 4.69) is 20.3 Å². The molecule has 0 amide bonds. The third kappa shape index (κ3) is 7.77. The lowest BCUT2D eigenvalue weighted by atomic mass is 9.86. The molecule has 6 aromatic rings. The van der Waals surface area contributed by atoms with Gasteiger partial charge in [0.15, 0.2) is 23.3 Å². The Morgan fingerprint density at radius 3 is 1.83 bits per heavy atom. The highest BCUT2D eigenvalue weighted by atomic mass is 19.2. The summed E-state index contributed by atoms with van der Waals surface area (Å²) in [4.78, 5) is 27.9. The molecule has 0 spiro atoms. The lowest BCUT2D eigenvalue weighted by molar-refractivity contribution is 0.0472. The predicted octanol–water partition coefficient (Wildman–Crippen LogP) is 7.53. The summed E-state index contributed by atoms with van der Waals surface area (Å²) in [7, 11) is 0. The molecule has 4 aromatic heterocycles. The number of carbonyl (C=O) groups excluding carboxylic acids is 1. The zero-order chi connectivity index (χ0) is 41.6. The van der Waals surface area contributed by atoms with Crippen LogP contribution >= 0.6 is 0 Å². The van der Waals surface area contributed by atoms with E-state index in [9.17, 15) is 22.4 Å². The largest absolute Gasteiger partial charge is 0.457 e. The number of hydrogen-bond acceptors (Lipinski definition) is 12. The van der Waals surface area contributed by atoms with Crippen LogP contribution in [0.2, 0.25) is 0 Å². The van der Waals surface area contributed by atoms with Crippen molar-refractivity contribution < 1.29 is 36.1 Å². The number of carbonyl (C=O) groups is 1. The van der Waals surface area contributed by atoms with Crippen molar-refractivity contribution in [1.82, 2.24) is 20.3 Å². The second kappa shape index (κ2) is 15.6. The molecule has 59 heavy (non-hydrogen) atoms. The normalized spacial score (nSPS) is 19.6. The van der Waals surface area contributed by atoms with E-state index in [0.29, 0.717) is 102 Å². The van der Waals surface area contributed by atoms with Gasteiger partial charge in [-0.05, 0) is 94.5 Å². The van der Waals surface area contributed by atoms with Gasteiger partial charge in [0.05, 0.1) is 51.8 Å². The first-order valence-corrected chi connectivity index (χ1v) is 19.2. The fourth-order valence-corrected chi connectivity index (χ4v) is 8.15. The summed E-state index contributed by atoms with van der Waals surface area (Å²) in [6.07, 6.45) is 5.72. The Labute approximate surface area is 337 Å². The molecule has 0 aliphatic carbocycles. The number of esters is 1. The standard InChI is InChI=1S/C43H42F4N8O4/c1-24-14-37(52-58-24)42(48)10-4-12-54(22-42)35-19-50-34(27-6-8-30(44)32(46)16-27)18-29(35)21-57-41(56)39-26(3)40(28-7-9-31(45)33(47)17-28)51-20-36(39)55-13-5-11-43(49,23-55)38-15-25(2)59-53-38/h6-9,14-20H,4-5,10-13,21-23,48-49H2,1-3H3. The second-order valence-corrected chi connectivity index (χ2v) is 15.5. The van der Waals surface area contributed by atoms with Gasteiger partial charge in [0.25, 0.3) is 0 Å². The van der Waals surface area contributed by atoms with Crippen LogP contribution in [0.4, 0.5) is 28.9 Å². The first kappa shape index (κ1) is 39.7. The van der Waals surface area contributed by atoms with Crippen molar-refractivity contribution in [1.29, 1.82) is 0 Å². The first-order valence-electron chi connectivity index (χ1n) is 19.2. The van der Waals surface area contributed by atoms with Gasteiger partial charge in [0, 0.05) is 55.0 Å². The van der Waals surface area contributed by atoms with E-state index in [0.717, 1.165) is 24.3 Å². The van der Waals surface area contributed by atoms with Gasteiger partial charge in [0.2, 0.25) is 0 Å². The number of pyridine rings is 2. The summed E-state index contributed by atoms with van der Waals surface area (Å²) in [6.45, 7) is 6.68. The highest BCUT2D eigenvalue weighted by Crippen LogP contribution is 2.38. The van der Waals surface area contributed by atoms with E-state index >= 15 is 0 Å². The number of nitrogens with zero attached hydrogens (tertiary/aromatic N) is 6. The Bertz CT molecular complexity index is 2560. The van der Waals surface area contributed by atoms with Crippen molar-refractivity contribution in [3.63, 3.8) is 0 Å². The molecule has 306 valence electrons. The monoisotopic (exact) mass is 810 g/mol. The molecule has 2 unspecified atom stereocenters. The zero-order valence-electron chi connectivity index (χ0n) is 32.7. The van der Waals surface area contributed by atoms with Crippen LogP contribution in [0.3, 0.4) is 0 Å². The van der Waals surface area contributed by atoms with Gasteiger partial charge in [-0.25, -0.2) is 22.4 Å². The summed E-state index contributed by atoms with van der Waals surface area (Å²) in [5.41, 5.74) is 16.5. The molecule has 16 heteroatoms. The Balaban J connectivity index is 1.17. The smallest absolute Gasteiger partial charge is 0.340 e. The van der Waals surface area contributed by atoms with E-state index in [1.54, 1.807) is 39.1 Å². The zero-order valence-corrected chi connectivity index (χ0v) is 32.7. The molecule has 0 saturated carbocycles. The van der Waals surface area contributed by atoms with E-state index in [-0.39, 0.29) is 30.0 Å². The summed E-state index contributed by atoms with van der Waals surface area (Å²) < 4.78 is 73.8. The minimum absolute atomic E-state index is 0.150. The van der Waals surface area contributed by atoms with Crippen LogP contribution in [-0.2, 0) is 22.4 Å². The predicted molar refractivity (Wildman–Crippen MR) is 210 cm³/mol. The van der Waals surface area contributed by atoms with E-state index in [1.807, 2.05) is 15.9 Å². The molecule has 2 aliphatic heterocycles. The number of aryl methyl sites for hydroxylation is 2. The van der Waals surface area contributed by atoms with Gasteiger partial charge in [-0.15, -0.1) is 0 Å². The van der Waals surface area contributed by atoms with Crippen molar-refractivity contribution in [2.24, 2.45) is 11.5 Å². The van der Waals surface area contributed by atoms with E-state index < -0.39 is 40.3 Å². The molecule has 2 aliphatic rings. The van der Waals surface area contributed by atoms with Crippen LogP contribution in [0, 0.1) is 44.0 Å². The Kier molecular flexibility index (Phi) is 10.5. The third-order valence-corrected chi connectivity index (χ3v) is 11.2. The minimum Gasteiger partial charge on any atom is -0.457 e. The average Bonchev–Trinajstić information content (AvgIpc) is 3.88. The molecule has 8 rings (SSSR count). The highest BCUT2D eigenvalue weighted by molar-refractivity contribution is 5.99. The molecule has 12 nitrogen and oxygen atoms in total. The summed E-state index contributed by atoms with van der Waals surface area (Å²) in [5.74, 6) is -3.62. The number of anilines is 2. The van der Waals surface area contributed by atoms with Crippen LogP contribution in [-0.4, -0.2) is 52.4 Å². The lowest BCUT2D eigenvalue weighted by Gasteiger charge is -2.41. The van der Waals surface area contributed by atoms with Crippen LogP contribution in [0.5, 0.6) is 0 Å². The van der Waals surface area contributed by atoms with Crippen LogP contribution in [0.15, 0.2) is 76.0 Å². The molecule has 6 heterocycles. The molecule has 2 fully saturated rings. The summed E-state index contributed by atoms with van der Waals surface area (Å²) >= 11 is 0. The number of ether oxygens (including phenoxy) is 1. The number of hydrogen-bond donors (Lipinski definition) is 2. The number of aromatic nitrogens is 4. The van der Waals surface area contributed by atoms with Crippen molar-refractivity contribution in [3.8, 4) is 22.5 Å². The number of benzene rings is 2. The maximum Gasteiger partial charge on any atom is 0.340 e. The fourth-order valence-electron chi connectivity index (χ4n) is 8.15. The minimum atomic E-state index is -1.07. The molecular formula is C43H42F4N8O4. The topological polar surface area (TPSA) is 163 Å². The maximum atomic E-state index is 14.6. The molecule has 2 atom stereocenters. The van der Waals surface area contributed by atoms with Crippen molar-refractivity contribution in [2.75, 3.05) is 36.0 Å². The quantitative estimate of drug-likeness (QED) is 0.109. The Morgan fingerprint density at radius 2 is 1.27 bits per heavy atom. The molecule has 4 N–H and O–H groups in total. The number of halogens is 4. The van der Waals surface area contributed by atoms with Crippen LogP contribution in [0.1, 0.15) is 70.1 Å². The Hall–Kier alpha value is -6.13. The van der Waals surface area contributed by atoms with E-state index in [1.165, 1.54) is 18.3 Å². The average molecular weight is 811 g/mol. The van der Waals surface area contributed by atoms with Gasteiger partial charge in [0.1, 0.15) is 29.5 Å². The summed E-state index contributed by atoms with van der Waals surface area (Å²) in [5, 5.41) is 8.40. The highest BCUT2D eigenvalue weighted by Gasteiger charge is 2.39. The van der Waals surface area contributed by atoms with Crippen LogP contribution in [0.25, 0.3) is 22.5 Å².